The summed E-state index contributed by atoms with van der Waals surface area (Å²) in [6.45, 7) is 3.85. The molecule has 1 unspecified atom stereocenters. The SMILES string of the molecule is C=CCC1=NN(c2coc3ccccc23)C(S)N1c1ccccc1. The molecule has 5 heteroatoms. The minimum atomic E-state index is -0.247. The maximum atomic E-state index is 5.66. The zero-order valence-corrected chi connectivity index (χ0v) is 13.9. The number of furan rings is 1. The Balaban J connectivity index is 1.78. The van der Waals surface area contributed by atoms with Crippen molar-refractivity contribution in [3.63, 3.8) is 0 Å². The Morgan fingerprint density at radius 3 is 2.67 bits per heavy atom. The lowest BCUT2D eigenvalue weighted by atomic mass is 10.2. The molecular formula is C19H17N3OS. The summed E-state index contributed by atoms with van der Waals surface area (Å²) in [5, 5.41) is 7.69. The van der Waals surface area contributed by atoms with E-state index in [1.165, 1.54) is 0 Å². The zero-order chi connectivity index (χ0) is 16.5. The molecule has 0 radical (unpaired) electrons. The molecule has 0 spiro atoms. The average molecular weight is 335 g/mol. The fourth-order valence-corrected chi connectivity index (χ4v) is 3.37. The number of hydrazone groups is 1. The van der Waals surface area contributed by atoms with E-state index in [0.717, 1.165) is 28.2 Å². The zero-order valence-electron chi connectivity index (χ0n) is 13.0. The first-order chi connectivity index (χ1) is 11.8. The van der Waals surface area contributed by atoms with Crippen molar-refractivity contribution >= 4 is 40.8 Å². The number of amidine groups is 1. The molecule has 0 saturated carbocycles. The molecule has 0 fully saturated rings. The number of hydrogen-bond donors (Lipinski definition) is 1. The van der Waals surface area contributed by atoms with Gasteiger partial charge in [0.2, 0.25) is 0 Å². The summed E-state index contributed by atoms with van der Waals surface area (Å²) in [5.41, 5.74) is 2.55. The predicted octanol–water partition coefficient (Wildman–Crippen LogP) is 4.86. The molecule has 2 heterocycles. The van der Waals surface area contributed by atoms with Gasteiger partial charge in [-0.3, -0.25) is 4.90 Å². The van der Waals surface area contributed by atoms with Gasteiger partial charge in [0, 0.05) is 17.5 Å². The number of benzene rings is 2. The molecule has 24 heavy (non-hydrogen) atoms. The first-order valence-corrected chi connectivity index (χ1v) is 8.27. The molecule has 0 bridgehead atoms. The van der Waals surface area contributed by atoms with E-state index in [1.807, 2.05) is 53.5 Å². The Morgan fingerprint density at radius 1 is 1.12 bits per heavy atom. The number of fused-ring (bicyclic) bond motifs is 1. The lowest BCUT2D eigenvalue weighted by Gasteiger charge is -2.27. The van der Waals surface area contributed by atoms with Crippen molar-refractivity contribution in [3.05, 3.63) is 73.5 Å². The summed E-state index contributed by atoms with van der Waals surface area (Å²) in [5.74, 6) is 0.904. The molecule has 4 nitrogen and oxygen atoms in total. The fourth-order valence-electron chi connectivity index (χ4n) is 2.93. The number of thiol groups is 1. The molecule has 0 amide bonds. The second-order valence-corrected chi connectivity index (χ2v) is 5.98. The van der Waals surface area contributed by atoms with Gasteiger partial charge in [-0.1, -0.05) is 36.4 Å². The Bertz CT molecular complexity index is 903. The van der Waals surface area contributed by atoms with Gasteiger partial charge in [0.05, 0.1) is 0 Å². The lowest BCUT2D eigenvalue weighted by molar-refractivity contribution is 0.613. The van der Waals surface area contributed by atoms with Gasteiger partial charge in [-0.05, 0) is 24.3 Å². The van der Waals surface area contributed by atoms with Crippen LogP contribution in [0.1, 0.15) is 6.42 Å². The third kappa shape index (κ3) is 2.37. The van der Waals surface area contributed by atoms with Crippen LogP contribution in [0.3, 0.4) is 0 Å². The summed E-state index contributed by atoms with van der Waals surface area (Å²) in [4.78, 5) is 2.10. The maximum absolute atomic E-state index is 5.66. The summed E-state index contributed by atoms with van der Waals surface area (Å²) in [6.07, 6.45) is 4.25. The fraction of sp³-hybridized carbons (Fsp3) is 0.105. The number of para-hydroxylation sites is 2. The second kappa shape index (κ2) is 6.09. The van der Waals surface area contributed by atoms with E-state index in [1.54, 1.807) is 6.26 Å². The molecule has 4 rings (SSSR count). The quantitative estimate of drug-likeness (QED) is 0.546. The van der Waals surface area contributed by atoms with E-state index in [4.69, 9.17) is 22.1 Å². The van der Waals surface area contributed by atoms with E-state index in [2.05, 4.69) is 23.6 Å². The Labute approximate surface area is 146 Å². The lowest BCUT2D eigenvalue weighted by Crippen LogP contribution is -2.38. The highest BCUT2D eigenvalue weighted by Gasteiger charge is 2.34. The van der Waals surface area contributed by atoms with E-state index in [-0.39, 0.29) is 5.50 Å². The highest BCUT2D eigenvalue weighted by Crippen LogP contribution is 2.36. The maximum Gasteiger partial charge on any atom is 0.174 e. The number of nitrogens with zero attached hydrogens (tertiary/aromatic N) is 3. The van der Waals surface area contributed by atoms with Crippen LogP contribution in [0, 0.1) is 0 Å². The second-order valence-electron chi connectivity index (χ2n) is 5.52. The summed E-state index contributed by atoms with van der Waals surface area (Å²) < 4.78 is 5.66. The van der Waals surface area contributed by atoms with Crippen molar-refractivity contribution in [1.82, 2.24) is 0 Å². The predicted molar refractivity (Wildman–Crippen MR) is 103 cm³/mol. The van der Waals surface area contributed by atoms with Gasteiger partial charge in [0.1, 0.15) is 23.4 Å². The molecule has 1 atom stereocenters. The van der Waals surface area contributed by atoms with Crippen LogP contribution in [0.15, 0.2) is 83.0 Å². The number of anilines is 2. The van der Waals surface area contributed by atoms with E-state index in [0.29, 0.717) is 6.42 Å². The molecule has 120 valence electrons. The van der Waals surface area contributed by atoms with Crippen LogP contribution in [0.25, 0.3) is 11.0 Å². The normalized spacial score (nSPS) is 17.4. The third-order valence-corrected chi connectivity index (χ3v) is 4.47. The molecule has 1 aliphatic rings. The van der Waals surface area contributed by atoms with Crippen molar-refractivity contribution in [2.24, 2.45) is 5.10 Å². The van der Waals surface area contributed by atoms with Gasteiger partial charge in [-0.2, -0.15) is 5.10 Å². The Hall–Kier alpha value is -2.66. The van der Waals surface area contributed by atoms with Crippen LogP contribution in [0.5, 0.6) is 0 Å². The number of rotatable bonds is 4. The van der Waals surface area contributed by atoms with Gasteiger partial charge in [-0.25, -0.2) is 5.01 Å². The van der Waals surface area contributed by atoms with Gasteiger partial charge < -0.3 is 4.42 Å². The monoisotopic (exact) mass is 335 g/mol. The molecule has 1 aliphatic heterocycles. The van der Waals surface area contributed by atoms with Crippen molar-refractivity contribution < 1.29 is 4.42 Å². The summed E-state index contributed by atoms with van der Waals surface area (Å²) in [7, 11) is 0. The third-order valence-electron chi connectivity index (χ3n) is 4.02. The van der Waals surface area contributed by atoms with Crippen LogP contribution in [-0.4, -0.2) is 11.3 Å². The van der Waals surface area contributed by atoms with E-state index in [9.17, 15) is 0 Å². The van der Waals surface area contributed by atoms with Crippen LogP contribution >= 0.6 is 12.6 Å². The largest absolute Gasteiger partial charge is 0.462 e. The van der Waals surface area contributed by atoms with Gasteiger partial charge in [0.25, 0.3) is 0 Å². The molecule has 2 aromatic carbocycles. The van der Waals surface area contributed by atoms with Crippen molar-refractivity contribution in [3.8, 4) is 0 Å². The smallest absolute Gasteiger partial charge is 0.174 e. The van der Waals surface area contributed by atoms with E-state index >= 15 is 0 Å². The highest BCUT2D eigenvalue weighted by atomic mass is 32.1. The van der Waals surface area contributed by atoms with Gasteiger partial charge >= 0.3 is 0 Å². The molecular weight excluding hydrogens is 318 g/mol. The first kappa shape index (κ1) is 14.9. The summed E-state index contributed by atoms with van der Waals surface area (Å²) in [6, 6.07) is 18.1. The Morgan fingerprint density at radius 2 is 1.88 bits per heavy atom. The van der Waals surface area contributed by atoms with Crippen molar-refractivity contribution in [2.75, 3.05) is 9.91 Å². The van der Waals surface area contributed by atoms with Crippen LogP contribution < -0.4 is 9.91 Å². The number of hydrogen-bond acceptors (Lipinski definition) is 5. The summed E-state index contributed by atoms with van der Waals surface area (Å²) >= 11 is 4.82. The first-order valence-electron chi connectivity index (χ1n) is 7.76. The minimum Gasteiger partial charge on any atom is -0.462 e. The van der Waals surface area contributed by atoms with Crippen molar-refractivity contribution in [2.45, 2.75) is 11.9 Å². The molecule has 1 aromatic heterocycles. The Kier molecular flexibility index (Phi) is 3.78. The topological polar surface area (TPSA) is 32.0 Å². The molecule has 3 aromatic rings. The molecule has 0 aliphatic carbocycles. The van der Waals surface area contributed by atoms with Crippen LogP contribution in [0.4, 0.5) is 11.4 Å². The van der Waals surface area contributed by atoms with Gasteiger partial charge in [0.15, 0.2) is 5.50 Å². The van der Waals surface area contributed by atoms with Crippen LogP contribution in [-0.2, 0) is 0 Å². The van der Waals surface area contributed by atoms with Gasteiger partial charge in [-0.15, -0.1) is 19.2 Å². The molecule has 0 N–H and O–H groups in total. The van der Waals surface area contributed by atoms with Crippen LogP contribution in [0.2, 0.25) is 0 Å². The highest BCUT2D eigenvalue weighted by molar-refractivity contribution is 7.81. The van der Waals surface area contributed by atoms with Crippen molar-refractivity contribution in [1.29, 1.82) is 0 Å². The van der Waals surface area contributed by atoms with E-state index < -0.39 is 0 Å². The molecule has 0 saturated heterocycles. The minimum absolute atomic E-state index is 0.247. The standard InChI is InChI=1S/C19H17N3OS/c1-2-8-18-20-22(16-13-23-17-12-7-6-11-15(16)17)19(24)21(18)14-9-4-3-5-10-14/h2-7,9-13,19,24H,1,8H2. The average Bonchev–Trinajstić information content (AvgIpc) is 3.17.